The molecule has 0 aromatic carbocycles. The summed E-state index contributed by atoms with van der Waals surface area (Å²) in [6.07, 6.45) is 12.3. The Morgan fingerprint density at radius 1 is 1.30 bits per heavy atom. The number of fused-ring (bicyclic) bond motifs is 5. The number of ether oxygens (including phenoxy) is 1. The minimum atomic E-state index is -1.32. The lowest BCUT2D eigenvalue weighted by atomic mass is 9.51. The molecule has 0 radical (unpaired) electrons. The topological polar surface area (TPSA) is 73.6 Å². The van der Waals surface area contributed by atoms with Crippen molar-refractivity contribution in [1.82, 2.24) is 0 Å². The van der Waals surface area contributed by atoms with E-state index in [1.54, 1.807) is 24.3 Å². The smallest absolute Gasteiger partial charge is 0.375 e. The number of ketones is 2. The molecule has 1 aromatic rings. The van der Waals surface area contributed by atoms with Crippen LogP contribution in [0.5, 0.6) is 0 Å². The van der Waals surface area contributed by atoms with Gasteiger partial charge in [0, 0.05) is 16.7 Å². The molecule has 6 atom stereocenters. The van der Waals surface area contributed by atoms with E-state index in [2.05, 4.69) is 19.9 Å². The molecule has 5 rings (SSSR count). The highest BCUT2D eigenvalue weighted by molar-refractivity contribution is 6.29. The van der Waals surface area contributed by atoms with Crippen molar-refractivity contribution in [2.24, 2.45) is 28.6 Å². The van der Waals surface area contributed by atoms with Gasteiger partial charge in [-0.1, -0.05) is 37.1 Å². The lowest BCUT2D eigenvalue weighted by molar-refractivity contribution is -0.158. The summed E-state index contributed by atoms with van der Waals surface area (Å²) in [5, 5.41) is 0. The first-order valence-corrected chi connectivity index (χ1v) is 12.2. The number of esters is 1. The fraction of sp³-hybridized carbons (Fsp3) is 0.519. The number of rotatable bonds is 4. The number of alkyl halides is 1. The highest BCUT2D eigenvalue weighted by Gasteiger charge is 2.70. The average molecular weight is 469 g/mol. The van der Waals surface area contributed by atoms with Crippen LogP contribution in [0.2, 0.25) is 0 Å². The Hall–Kier alpha value is -2.40. The van der Waals surface area contributed by atoms with Gasteiger partial charge in [0.15, 0.2) is 17.2 Å². The standard InChI is InChI=1S/C27H29ClO5/c1-16-13-21-19-7-6-17-14-18(29)8-10-25(17,2)20(19)9-11-26(21,3)27(16,23(30)15-28)33-24(31)22-5-4-12-32-22/h4-5,8-10,12,14,16,19,21H,6-7,11,13,15H2,1-3H3/t16-,19-,21+,25+,26+,27+/m1/s1. The molecule has 1 aromatic heterocycles. The first kappa shape index (κ1) is 22.4. The zero-order chi connectivity index (χ0) is 23.6. The van der Waals surface area contributed by atoms with Crippen molar-refractivity contribution in [2.45, 2.75) is 52.1 Å². The maximum atomic E-state index is 13.5. The largest absolute Gasteiger partial charge is 0.457 e. The lowest BCUT2D eigenvalue weighted by Gasteiger charge is -2.54. The van der Waals surface area contributed by atoms with E-state index in [0.717, 1.165) is 19.3 Å². The molecule has 33 heavy (non-hydrogen) atoms. The summed E-state index contributed by atoms with van der Waals surface area (Å²) in [6.45, 7) is 6.27. The van der Waals surface area contributed by atoms with Crippen LogP contribution in [0.1, 0.15) is 57.0 Å². The molecule has 0 unspecified atom stereocenters. The van der Waals surface area contributed by atoms with Crippen LogP contribution >= 0.6 is 11.6 Å². The molecule has 5 nitrogen and oxygen atoms in total. The average Bonchev–Trinajstić information content (AvgIpc) is 3.40. The number of halogens is 1. The maximum Gasteiger partial charge on any atom is 0.375 e. The van der Waals surface area contributed by atoms with E-state index in [1.165, 1.54) is 17.4 Å². The fourth-order valence-electron chi connectivity index (χ4n) is 7.41. The third-order valence-electron chi connectivity index (χ3n) is 9.00. The van der Waals surface area contributed by atoms with E-state index >= 15 is 0 Å². The van der Waals surface area contributed by atoms with Gasteiger partial charge in [0.25, 0.3) is 0 Å². The SMILES string of the molecule is C[C@@H]1C[C@H]2[C@@H]3CCC4=CC(=O)C=C[C@]4(C)C3=CC[C@]2(C)[C@@]1(OC(=O)c1ccco1)C(=O)CCl. The van der Waals surface area contributed by atoms with Gasteiger partial charge in [-0.15, -0.1) is 11.6 Å². The summed E-state index contributed by atoms with van der Waals surface area (Å²) in [5.41, 5.74) is 0.319. The molecule has 4 aliphatic carbocycles. The van der Waals surface area contributed by atoms with Gasteiger partial charge in [0.2, 0.25) is 5.76 Å². The van der Waals surface area contributed by atoms with Crippen molar-refractivity contribution in [3.63, 3.8) is 0 Å². The molecule has 0 N–H and O–H groups in total. The van der Waals surface area contributed by atoms with Crippen molar-refractivity contribution < 1.29 is 23.5 Å². The number of furan rings is 1. The van der Waals surface area contributed by atoms with Crippen LogP contribution in [0.25, 0.3) is 0 Å². The fourth-order valence-corrected chi connectivity index (χ4v) is 7.61. The second-order valence-corrected chi connectivity index (χ2v) is 10.7. The minimum Gasteiger partial charge on any atom is -0.457 e. The number of carbonyl (C=O) groups excluding carboxylic acids is 3. The summed E-state index contributed by atoms with van der Waals surface area (Å²) < 4.78 is 11.4. The summed E-state index contributed by atoms with van der Waals surface area (Å²) in [5.74, 6) is -0.728. The third-order valence-corrected chi connectivity index (χ3v) is 9.24. The van der Waals surface area contributed by atoms with Crippen LogP contribution < -0.4 is 0 Å². The van der Waals surface area contributed by atoms with Gasteiger partial charge in [-0.3, -0.25) is 9.59 Å². The van der Waals surface area contributed by atoms with E-state index < -0.39 is 17.0 Å². The van der Waals surface area contributed by atoms with Gasteiger partial charge < -0.3 is 9.15 Å². The predicted octanol–water partition coefficient (Wildman–Crippen LogP) is 5.46. The molecule has 6 heteroatoms. The summed E-state index contributed by atoms with van der Waals surface area (Å²) in [4.78, 5) is 38.5. The molecule has 4 aliphatic rings. The lowest BCUT2D eigenvalue weighted by Crippen LogP contribution is -2.59. The highest BCUT2D eigenvalue weighted by atomic mass is 35.5. The molecular weight excluding hydrogens is 440 g/mol. The number of hydrogen-bond donors (Lipinski definition) is 0. The van der Waals surface area contributed by atoms with Gasteiger partial charge >= 0.3 is 5.97 Å². The monoisotopic (exact) mass is 468 g/mol. The van der Waals surface area contributed by atoms with Crippen molar-refractivity contribution >= 4 is 29.1 Å². The molecule has 2 saturated carbocycles. The second-order valence-electron chi connectivity index (χ2n) is 10.4. The van der Waals surface area contributed by atoms with E-state index in [0.29, 0.717) is 6.42 Å². The van der Waals surface area contributed by atoms with Crippen LogP contribution in [-0.4, -0.2) is 29.0 Å². The van der Waals surface area contributed by atoms with Gasteiger partial charge in [-0.2, -0.15) is 0 Å². The van der Waals surface area contributed by atoms with Gasteiger partial charge in [-0.25, -0.2) is 4.79 Å². The zero-order valence-corrected chi connectivity index (χ0v) is 20.0. The first-order chi connectivity index (χ1) is 15.7. The molecule has 0 bridgehead atoms. The van der Waals surface area contributed by atoms with Gasteiger partial charge in [0.05, 0.1) is 12.1 Å². The van der Waals surface area contributed by atoms with Gasteiger partial charge in [-0.05, 0) is 68.7 Å². The van der Waals surface area contributed by atoms with Crippen LogP contribution in [0, 0.1) is 28.6 Å². The Morgan fingerprint density at radius 2 is 2.09 bits per heavy atom. The number of hydrogen-bond acceptors (Lipinski definition) is 5. The van der Waals surface area contributed by atoms with Crippen LogP contribution in [0.4, 0.5) is 0 Å². The summed E-state index contributed by atoms with van der Waals surface area (Å²) in [6, 6.07) is 3.17. The number of Topliss-reactive ketones (excluding diaryl/α,β-unsaturated/α-hetero) is 1. The summed E-state index contributed by atoms with van der Waals surface area (Å²) in [7, 11) is 0. The van der Waals surface area contributed by atoms with Crippen LogP contribution in [0.15, 0.2) is 58.3 Å². The Labute approximate surface area is 198 Å². The molecule has 1 heterocycles. The number of allylic oxidation sites excluding steroid dienone is 6. The van der Waals surface area contributed by atoms with E-state index in [9.17, 15) is 14.4 Å². The Balaban J connectivity index is 1.59. The molecule has 0 aliphatic heterocycles. The molecule has 0 spiro atoms. The van der Waals surface area contributed by atoms with Crippen molar-refractivity contribution in [2.75, 3.05) is 5.88 Å². The van der Waals surface area contributed by atoms with Crippen molar-refractivity contribution in [3.8, 4) is 0 Å². The Bertz CT molecular complexity index is 1110. The van der Waals surface area contributed by atoms with E-state index in [-0.39, 0.29) is 46.4 Å². The first-order valence-electron chi connectivity index (χ1n) is 11.7. The predicted molar refractivity (Wildman–Crippen MR) is 124 cm³/mol. The van der Waals surface area contributed by atoms with Crippen molar-refractivity contribution in [3.05, 3.63) is 59.6 Å². The van der Waals surface area contributed by atoms with E-state index in [4.69, 9.17) is 20.8 Å². The van der Waals surface area contributed by atoms with E-state index in [1.807, 2.05) is 13.0 Å². The molecule has 0 amide bonds. The van der Waals surface area contributed by atoms with Crippen LogP contribution in [0.3, 0.4) is 0 Å². The highest BCUT2D eigenvalue weighted by Crippen LogP contribution is 2.67. The third kappa shape index (κ3) is 2.94. The minimum absolute atomic E-state index is 0.0493. The van der Waals surface area contributed by atoms with Gasteiger partial charge in [0.1, 0.15) is 0 Å². The maximum absolute atomic E-state index is 13.5. The molecule has 174 valence electrons. The number of carbonyl (C=O) groups is 3. The zero-order valence-electron chi connectivity index (χ0n) is 19.2. The molecular formula is C27H29ClO5. The molecule has 0 saturated heterocycles. The Kier molecular flexibility index (Phi) is 5.13. The van der Waals surface area contributed by atoms with Crippen LogP contribution in [-0.2, 0) is 14.3 Å². The quantitative estimate of drug-likeness (QED) is 0.333. The summed E-state index contributed by atoms with van der Waals surface area (Å²) >= 11 is 6.12. The normalized spacial score (nSPS) is 39.2. The van der Waals surface area contributed by atoms with Crippen molar-refractivity contribution in [1.29, 1.82) is 0 Å². The Morgan fingerprint density at radius 3 is 2.79 bits per heavy atom. The second kappa shape index (κ2) is 7.56. The molecule has 2 fully saturated rings.